The summed E-state index contributed by atoms with van der Waals surface area (Å²) in [5.41, 5.74) is 0.581. The molecule has 2 aromatic rings. The number of thioether (sulfide) groups is 1. The van der Waals surface area contributed by atoms with Crippen LogP contribution in [0.3, 0.4) is 0 Å². The van der Waals surface area contributed by atoms with Gasteiger partial charge >= 0.3 is 0 Å². The minimum absolute atomic E-state index is 0.150. The lowest BCUT2D eigenvalue weighted by Crippen LogP contribution is -2.34. The number of halogens is 1. The van der Waals surface area contributed by atoms with E-state index in [1.54, 1.807) is 6.33 Å². The highest BCUT2D eigenvalue weighted by Crippen LogP contribution is 2.24. The summed E-state index contributed by atoms with van der Waals surface area (Å²) in [6.07, 6.45) is 3.98. The third kappa shape index (κ3) is 5.16. The molecule has 0 aliphatic carbocycles. The van der Waals surface area contributed by atoms with E-state index >= 15 is 0 Å². The molecule has 1 saturated heterocycles. The molecule has 0 unspecified atom stereocenters. The first kappa shape index (κ1) is 17.7. The fourth-order valence-electron chi connectivity index (χ4n) is 2.85. The van der Waals surface area contributed by atoms with Crippen molar-refractivity contribution in [3.8, 4) is 0 Å². The fourth-order valence-corrected chi connectivity index (χ4v) is 3.51. The second kappa shape index (κ2) is 8.29. The highest BCUT2D eigenvalue weighted by molar-refractivity contribution is 7.99. The quantitative estimate of drug-likeness (QED) is 0.652. The predicted octanol–water partition coefficient (Wildman–Crippen LogP) is 3.58. The van der Waals surface area contributed by atoms with Gasteiger partial charge in [-0.15, -0.1) is 0 Å². The van der Waals surface area contributed by atoms with Crippen LogP contribution in [0.15, 0.2) is 41.7 Å². The Morgan fingerprint density at radius 3 is 2.92 bits per heavy atom. The third-order valence-electron chi connectivity index (χ3n) is 4.09. The average molecular weight is 360 g/mol. The molecule has 1 N–H and O–H groups in total. The molecule has 1 aromatic heterocycles. The maximum absolute atomic E-state index is 12.9. The first-order valence-electron chi connectivity index (χ1n) is 8.35. The van der Waals surface area contributed by atoms with Crippen LogP contribution >= 0.6 is 11.8 Å². The fraction of sp³-hybridized carbons (Fsp3) is 0.389. The van der Waals surface area contributed by atoms with E-state index in [0.29, 0.717) is 11.6 Å². The molecule has 7 heteroatoms. The summed E-state index contributed by atoms with van der Waals surface area (Å²) < 4.78 is 12.9. The molecule has 25 heavy (non-hydrogen) atoms. The summed E-state index contributed by atoms with van der Waals surface area (Å²) in [6, 6.07) is 7.66. The third-order valence-corrected chi connectivity index (χ3v) is 5.01. The van der Waals surface area contributed by atoms with Crippen molar-refractivity contribution in [1.82, 2.24) is 9.97 Å². The lowest BCUT2D eigenvalue weighted by Gasteiger charge is -2.31. The highest BCUT2D eigenvalue weighted by Gasteiger charge is 2.18. The van der Waals surface area contributed by atoms with E-state index in [0.717, 1.165) is 23.9 Å². The molecular weight excluding hydrogens is 339 g/mol. The molecule has 2 heterocycles. The van der Waals surface area contributed by atoms with Crippen LogP contribution in [0.25, 0.3) is 0 Å². The Morgan fingerprint density at radius 1 is 1.36 bits per heavy atom. The molecule has 0 saturated carbocycles. The Morgan fingerprint density at radius 2 is 2.16 bits per heavy atom. The number of anilines is 2. The van der Waals surface area contributed by atoms with Crippen LogP contribution in [0.5, 0.6) is 0 Å². The van der Waals surface area contributed by atoms with E-state index < -0.39 is 0 Å². The maximum atomic E-state index is 12.9. The lowest BCUT2D eigenvalue weighted by molar-refractivity contribution is -0.113. The average Bonchev–Trinajstić information content (AvgIpc) is 2.62. The van der Waals surface area contributed by atoms with Gasteiger partial charge in [0.25, 0.3) is 0 Å². The van der Waals surface area contributed by atoms with Crippen LogP contribution in [-0.4, -0.2) is 34.7 Å². The van der Waals surface area contributed by atoms with Crippen LogP contribution < -0.4 is 10.2 Å². The van der Waals surface area contributed by atoms with Crippen molar-refractivity contribution < 1.29 is 9.18 Å². The first-order chi connectivity index (χ1) is 12.1. The van der Waals surface area contributed by atoms with Gasteiger partial charge in [-0.05, 0) is 43.0 Å². The van der Waals surface area contributed by atoms with E-state index in [1.807, 2.05) is 6.07 Å². The number of carbonyl (C=O) groups is 1. The van der Waals surface area contributed by atoms with Crippen molar-refractivity contribution in [2.24, 2.45) is 5.92 Å². The zero-order chi connectivity index (χ0) is 17.6. The van der Waals surface area contributed by atoms with E-state index in [9.17, 15) is 9.18 Å². The van der Waals surface area contributed by atoms with Gasteiger partial charge in [0.2, 0.25) is 5.91 Å². The minimum Gasteiger partial charge on any atom is -0.356 e. The summed E-state index contributed by atoms with van der Waals surface area (Å²) in [4.78, 5) is 22.9. The van der Waals surface area contributed by atoms with Gasteiger partial charge in [0.1, 0.15) is 23.0 Å². The largest absolute Gasteiger partial charge is 0.356 e. The number of nitrogens with zero attached hydrogens (tertiary/aromatic N) is 3. The Bertz CT molecular complexity index is 725. The normalized spacial score (nSPS) is 17.4. The van der Waals surface area contributed by atoms with Crippen molar-refractivity contribution >= 4 is 29.2 Å². The number of piperidine rings is 1. The van der Waals surface area contributed by atoms with Gasteiger partial charge in [0, 0.05) is 24.8 Å². The molecular formula is C18H21FN4OS. The molecule has 1 fully saturated rings. The van der Waals surface area contributed by atoms with E-state index in [2.05, 4.69) is 27.1 Å². The number of carbonyl (C=O) groups excluding carboxylic acids is 1. The predicted molar refractivity (Wildman–Crippen MR) is 98.4 cm³/mol. The Hall–Kier alpha value is -2.15. The summed E-state index contributed by atoms with van der Waals surface area (Å²) in [7, 11) is 0. The van der Waals surface area contributed by atoms with Gasteiger partial charge in [-0.25, -0.2) is 14.4 Å². The molecule has 1 aliphatic rings. The van der Waals surface area contributed by atoms with Crippen molar-refractivity contribution in [2.75, 3.05) is 29.1 Å². The van der Waals surface area contributed by atoms with Crippen LogP contribution in [-0.2, 0) is 4.79 Å². The molecule has 1 amide bonds. The van der Waals surface area contributed by atoms with Crippen molar-refractivity contribution in [2.45, 2.75) is 24.8 Å². The minimum atomic E-state index is -0.326. The first-order valence-corrected chi connectivity index (χ1v) is 9.34. The Labute approximate surface area is 151 Å². The van der Waals surface area contributed by atoms with E-state index in [1.165, 1.54) is 48.9 Å². The zero-order valence-corrected chi connectivity index (χ0v) is 14.9. The summed E-state index contributed by atoms with van der Waals surface area (Å²) in [5.74, 6) is 1.35. The smallest absolute Gasteiger partial charge is 0.234 e. The van der Waals surface area contributed by atoms with Gasteiger partial charge in [0.05, 0.1) is 5.75 Å². The number of rotatable bonds is 5. The highest BCUT2D eigenvalue weighted by atomic mass is 32.2. The van der Waals surface area contributed by atoms with Crippen LogP contribution in [0, 0.1) is 11.7 Å². The zero-order valence-electron chi connectivity index (χ0n) is 14.1. The van der Waals surface area contributed by atoms with Gasteiger partial charge in [0.15, 0.2) is 0 Å². The van der Waals surface area contributed by atoms with Gasteiger partial charge in [-0.2, -0.15) is 0 Å². The second-order valence-corrected chi connectivity index (χ2v) is 7.25. The summed E-state index contributed by atoms with van der Waals surface area (Å²) >= 11 is 1.37. The van der Waals surface area contributed by atoms with Gasteiger partial charge < -0.3 is 10.2 Å². The number of aromatic nitrogens is 2. The van der Waals surface area contributed by atoms with Crippen molar-refractivity contribution in [1.29, 1.82) is 0 Å². The topological polar surface area (TPSA) is 58.1 Å². The Kier molecular flexibility index (Phi) is 5.86. The molecule has 5 nitrogen and oxygen atoms in total. The van der Waals surface area contributed by atoms with Crippen molar-refractivity contribution in [3.05, 3.63) is 42.5 Å². The van der Waals surface area contributed by atoms with Crippen molar-refractivity contribution in [3.63, 3.8) is 0 Å². The molecule has 1 aromatic carbocycles. The second-order valence-electron chi connectivity index (χ2n) is 6.25. The number of nitrogens with one attached hydrogen (secondary N) is 1. The maximum Gasteiger partial charge on any atom is 0.234 e. The monoisotopic (exact) mass is 360 g/mol. The number of amides is 1. The molecule has 1 atom stereocenters. The lowest BCUT2D eigenvalue weighted by atomic mass is 10.0. The summed E-state index contributed by atoms with van der Waals surface area (Å²) in [6.45, 7) is 4.27. The number of hydrogen-bond acceptors (Lipinski definition) is 5. The number of benzene rings is 1. The number of hydrogen-bond donors (Lipinski definition) is 1. The molecule has 0 bridgehead atoms. The summed E-state index contributed by atoms with van der Waals surface area (Å²) in [5, 5.41) is 3.52. The molecule has 0 spiro atoms. The molecule has 132 valence electrons. The van der Waals surface area contributed by atoms with E-state index in [4.69, 9.17) is 0 Å². The molecule has 3 rings (SSSR count). The van der Waals surface area contributed by atoms with Crippen LogP contribution in [0.4, 0.5) is 15.9 Å². The standard InChI is InChI=1S/C18H21FN4OS/c1-13-3-2-8-23(10-13)16-9-18(21-12-20-16)25-11-17(24)22-15-6-4-14(19)5-7-15/h4-7,9,12-13H,2-3,8,10-11H2,1H3,(H,22,24)/t13-/m1/s1. The van der Waals surface area contributed by atoms with E-state index in [-0.39, 0.29) is 17.5 Å². The molecule has 0 radical (unpaired) electrons. The van der Waals surface area contributed by atoms with Crippen LogP contribution in [0.2, 0.25) is 0 Å². The SMILES string of the molecule is C[C@@H]1CCCN(c2cc(SCC(=O)Nc3ccc(F)cc3)ncn2)C1. The Balaban J connectivity index is 1.55. The molecule has 1 aliphatic heterocycles. The van der Waals surface area contributed by atoms with Gasteiger partial charge in [-0.3, -0.25) is 4.79 Å². The van der Waals surface area contributed by atoms with Crippen LogP contribution in [0.1, 0.15) is 19.8 Å². The van der Waals surface area contributed by atoms with Gasteiger partial charge in [-0.1, -0.05) is 18.7 Å².